The summed E-state index contributed by atoms with van der Waals surface area (Å²) in [6.45, 7) is 10.2. The van der Waals surface area contributed by atoms with Crippen molar-refractivity contribution < 1.29 is 9.53 Å². The Morgan fingerprint density at radius 1 is 1.40 bits per heavy atom. The van der Waals surface area contributed by atoms with Crippen LogP contribution in [0.2, 0.25) is 0 Å². The SMILES string of the molecule is CCCN(C(=O)OCC(C)C)C1(CN)CCC(C)CC1. The molecule has 0 aromatic rings. The van der Waals surface area contributed by atoms with E-state index in [-0.39, 0.29) is 11.6 Å². The molecule has 0 aromatic heterocycles. The summed E-state index contributed by atoms with van der Waals surface area (Å²) in [4.78, 5) is 14.3. The first kappa shape index (κ1) is 17.3. The van der Waals surface area contributed by atoms with Gasteiger partial charge in [-0.3, -0.25) is 0 Å². The molecule has 1 aliphatic carbocycles. The van der Waals surface area contributed by atoms with Crippen LogP contribution in [0.15, 0.2) is 0 Å². The molecule has 0 bridgehead atoms. The monoisotopic (exact) mass is 284 g/mol. The molecule has 0 radical (unpaired) electrons. The number of rotatable bonds is 6. The summed E-state index contributed by atoms with van der Waals surface area (Å²) in [7, 11) is 0. The molecule has 1 rings (SSSR count). The van der Waals surface area contributed by atoms with E-state index in [1.54, 1.807) is 0 Å². The van der Waals surface area contributed by atoms with Crippen LogP contribution >= 0.6 is 0 Å². The molecule has 0 saturated heterocycles. The Kier molecular flexibility index (Phi) is 6.80. The fourth-order valence-corrected chi connectivity index (χ4v) is 2.95. The van der Waals surface area contributed by atoms with Gasteiger partial charge in [-0.05, 0) is 43.9 Å². The molecule has 0 aromatic carbocycles. The van der Waals surface area contributed by atoms with E-state index in [2.05, 4.69) is 27.7 Å². The number of nitrogens with two attached hydrogens (primary N) is 1. The molecule has 1 saturated carbocycles. The van der Waals surface area contributed by atoms with E-state index in [0.717, 1.165) is 44.6 Å². The molecule has 2 N–H and O–H groups in total. The molecule has 0 atom stereocenters. The van der Waals surface area contributed by atoms with Gasteiger partial charge in [0.05, 0.1) is 12.1 Å². The zero-order valence-corrected chi connectivity index (χ0v) is 13.7. The van der Waals surface area contributed by atoms with Crippen LogP contribution in [0.4, 0.5) is 4.79 Å². The summed E-state index contributed by atoms with van der Waals surface area (Å²) in [5, 5.41) is 0. The molecule has 1 amide bonds. The lowest BCUT2D eigenvalue weighted by atomic mass is 9.76. The quantitative estimate of drug-likeness (QED) is 0.813. The van der Waals surface area contributed by atoms with E-state index in [1.807, 2.05) is 4.90 Å². The molecule has 1 aliphatic rings. The summed E-state index contributed by atoms with van der Waals surface area (Å²) in [6.07, 6.45) is 5.06. The summed E-state index contributed by atoms with van der Waals surface area (Å²) in [5.41, 5.74) is 5.88. The third-order valence-corrected chi connectivity index (χ3v) is 4.37. The number of hydrogen-bond donors (Lipinski definition) is 1. The molecule has 4 heteroatoms. The van der Waals surface area contributed by atoms with Crippen LogP contribution in [0.1, 0.15) is 59.8 Å². The molecule has 0 spiro atoms. The van der Waals surface area contributed by atoms with Crippen molar-refractivity contribution in [3.63, 3.8) is 0 Å². The molecule has 0 heterocycles. The number of hydrogen-bond acceptors (Lipinski definition) is 3. The third-order valence-electron chi connectivity index (χ3n) is 4.37. The summed E-state index contributed by atoms with van der Waals surface area (Å²) < 4.78 is 5.46. The van der Waals surface area contributed by atoms with Gasteiger partial charge in [0.25, 0.3) is 0 Å². The van der Waals surface area contributed by atoms with Gasteiger partial charge in [-0.1, -0.05) is 27.7 Å². The number of nitrogens with zero attached hydrogens (tertiary/aromatic N) is 1. The maximum absolute atomic E-state index is 12.4. The van der Waals surface area contributed by atoms with E-state index in [0.29, 0.717) is 19.1 Å². The van der Waals surface area contributed by atoms with Crippen LogP contribution in [-0.4, -0.2) is 36.2 Å². The highest BCUT2D eigenvalue weighted by Gasteiger charge is 2.41. The maximum Gasteiger partial charge on any atom is 0.410 e. The smallest absolute Gasteiger partial charge is 0.410 e. The average molecular weight is 284 g/mol. The van der Waals surface area contributed by atoms with E-state index in [9.17, 15) is 4.79 Å². The molecular formula is C16H32N2O2. The molecule has 0 unspecified atom stereocenters. The first-order valence-corrected chi connectivity index (χ1v) is 8.09. The first-order chi connectivity index (χ1) is 9.45. The molecule has 1 fully saturated rings. The minimum Gasteiger partial charge on any atom is -0.449 e. The summed E-state index contributed by atoms with van der Waals surface area (Å²) >= 11 is 0. The second-order valence-electron chi connectivity index (χ2n) is 6.73. The largest absolute Gasteiger partial charge is 0.449 e. The Labute approximate surface area is 124 Å². The van der Waals surface area contributed by atoms with Crippen molar-refractivity contribution >= 4 is 6.09 Å². The van der Waals surface area contributed by atoms with Crippen molar-refractivity contribution in [2.24, 2.45) is 17.6 Å². The van der Waals surface area contributed by atoms with E-state index >= 15 is 0 Å². The van der Waals surface area contributed by atoms with Crippen LogP contribution in [0.25, 0.3) is 0 Å². The van der Waals surface area contributed by atoms with Crippen LogP contribution in [0.3, 0.4) is 0 Å². The molecular weight excluding hydrogens is 252 g/mol. The Balaban J connectivity index is 2.78. The van der Waals surface area contributed by atoms with E-state index in [4.69, 9.17) is 10.5 Å². The van der Waals surface area contributed by atoms with Crippen molar-refractivity contribution in [3.05, 3.63) is 0 Å². The van der Waals surface area contributed by atoms with Crippen molar-refractivity contribution in [3.8, 4) is 0 Å². The predicted octanol–water partition coefficient (Wildman–Crippen LogP) is 3.40. The minimum absolute atomic E-state index is 0.180. The van der Waals surface area contributed by atoms with Crippen molar-refractivity contribution in [1.29, 1.82) is 0 Å². The van der Waals surface area contributed by atoms with Gasteiger partial charge in [-0.25, -0.2) is 4.79 Å². The van der Waals surface area contributed by atoms with Crippen molar-refractivity contribution in [2.45, 2.75) is 65.3 Å². The van der Waals surface area contributed by atoms with Crippen molar-refractivity contribution in [1.82, 2.24) is 4.90 Å². The number of ether oxygens (including phenoxy) is 1. The highest BCUT2D eigenvalue weighted by molar-refractivity contribution is 5.68. The number of amides is 1. The second-order valence-corrected chi connectivity index (χ2v) is 6.73. The summed E-state index contributed by atoms with van der Waals surface area (Å²) in [6, 6.07) is 0. The van der Waals surface area contributed by atoms with Crippen LogP contribution in [-0.2, 0) is 4.74 Å². The van der Waals surface area contributed by atoms with E-state index in [1.165, 1.54) is 0 Å². The van der Waals surface area contributed by atoms with Gasteiger partial charge in [-0.2, -0.15) is 0 Å². The van der Waals surface area contributed by atoms with Crippen molar-refractivity contribution in [2.75, 3.05) is 19.7 Å². The Hall–Kier alpha value is -0.770. The average Bonchev–Trinajstić information content (AvgIpc) is 2.44. The Bertz CT molecular complexity index is 297. The third kappa shape index (κ3) is 4.37. The number of carbonyl (C=O) groups excluding carboxylic acids is 1. The molecule has 4 nitrogen and oxygen atoms in total. The van der Waals surface area contributed by atoms with Gasteiger partial charge < -0.3 is 15.4 Å². The first-order valence-electron chi connectivity index (χ1n) is 8.09. The predicted molar refractivity (Wildman–Crippen MR) is 82.6 cm³/mol. The second kappa shape index (κ2) is 7.87. The highest BCUT2D eigenvalue weighted by atomic mass is 16.6. The molecule has 118 valence electrons. The van der Waals surface area contributed by atoms with E-state index < -0.39 is 0 Å². The molecule has 0 aliphatic heterocycles. The Morgan fingerprint density at radius 3 is 2.45 bits per heavy atom. The highest BCUT2D eigenvalue weighted by Crippen LogP contribution is 2.36. The van der Waals surface area contributed by atoms with Crippen LogP contribution < -0.4 is 5.73 Å². The number of carbonyl (C=O) groups is 1. The van der Waals surface area contributed by atoms with Crippen LogP contribution in [0.5, 0.6) is 0 Å². The minimum atomic E-state index is -0.184. The van der Waals surface area contributed by atoms with Crippen LogP contribution in [0, 0.1) is 11.8 Å². The lowest BCUT2D eigenvalue weighted by Gasteiger charge is -2.46. The van der Waals surface area contributed by atoms with Gasteiger partial charge in [0.15, 0.2) is 0 Å². The fourth-order valence-electron chi connectivity index (χ4n) is 2.95. The van der Waals surface area contributed by atoms with Gasteiger partial charge in [0.1, 0.15) is 0 Å². The van der Waals surface area contributed by atoms with Gasteiger partial charge in [0.2, 0.25) is 0 Å². The fraction of sp³-hybridized carbons (Fsp3) is 0.938. The lowest BCUT2D eigenvalue weighted by Crippen LogP contribution is -2.58. The Morgan fingerprint density at radius 2 is 2.00 bits per heavy atom. The summed E-state index contributed by atoms with van der Waals surface area (Å²) in [5.74, 6) is 1.10. The standard InChI is InChI=1S/C16H32N2O2/c1-5-10-18(15(19)20-11-13(2)3)16(12-17)8-6-14(4)7-9-16/h13-14H,5-12,17H2,1-4H3. The van der Waals surface area contributed by atoms with Gasteiger partial charge in [-0.15, -0.1) is 0 Å². The topological polar surface area (TPSA) is 55.6 Å². The molecule has 20 heavy (non-hydrogen) atoms. The zero-order chi connectivity index (χ0) is 15.2. The maximum atomic E-state index is 12.4. The van der Waals surface area contributed by atoms with Gasteiger partial charge in [0, 0.05) is 13.1 Å². The zero-order valence-electron chi connectivity index (χ0n) is 13.7. The van der Waals surface area contributed by atoms with Gasteiger partial charge >= 0.3 is 6.09 Å². The normalized spacial score (nSPS) is 26.6. The lowest BCUT2D eigenvalue weighted by molar-refractivity contribution is 0.0223.